The van der Waals surface area contributed by atoms with Gasteiger partial charge in [0, 0.05) is 17.1 Å². The molecule has 1 heterocycles. The molecule has 2 unspecified atom stereocenters. The molecule has 1 N–H and O–H groups in total. The Balaban J connectivity index is 2.39. The van der Waals surface area contributed by atoms with Crippen molar-refractivity contribution in [3.63, 3.8) is 0 Å². The van der Waals surface area contributed by atoms with Gasteiger partial charge in [-0.05, 0) is 59.3 Å². The molecule has 0 aromatic heterocycles. The Morgan fingerprint density at radius 1 is 1.40 bits per heavy atom. The minimum Gasteiger partial charge on any atom is -0.392 e. The van der Waals surface area contributed by atoms with E-state index in [0.29, 0.717) is 22.5 Å². The van der Waals surface area contributed by atoms with Crippen LogP contribution in [-0.4, -0.2) is 30.4 Å². The Hall–Kier alpha value is -0.430. The zero-order valence-electron chi connectivity index (χ0n) is 11.7. The van der Waals surface area contributed by atoms with E-state index in [-0.39, 0.29) is 17.5 Å². The van der Waals surface area contributed by atoms with Crippen LogP contribution in [0.2, 0.25) is 0 Å². The summed E-state index contributed by atoms with van der Waals surface area (Å²) in [4.78, 5) is 0.274. The number of aliphatic hydroxyl groups is 1. The Labute approximate surface area is 129 Å². The molecule has 2 rings (SSSR count). The van der Waals surface area contributed by atoms with Gasteiger partial charge in [-0.2, -0.15) is 4.31 Å². The van der Waals surface area contributed by atoms with Crippen LogP contribution in [0.1, 0.15) is 32.3 Å². The molecule has 0 radical (unpaired) electrons. The SMILES string of the molecule is CC1CCCN(S(=O)(=O)c2ccc(CO)cc2Br)C1C. The number of hydrogen-bond acceptors (Lipinski definition) is 3. The third-order valence-corrected chi connectivity index (χ3v) is 7.04. The molecule has 0 aliphatic carbocycles. The normalized spacial score (nSPS) is 24.8. The minimum atomic E-state index is -3.49. The number of sulfonamides is 1. The van der Waals surface area contributed by atoms with Gasteiger partial charge in [-0.15, -0.1) is 0 Å². The third-order valence-electron chi connectivity index (χ3n) is 4.08. The molecular formula is C14H20BrNO3S. The zero-order valence-corrected chi connectivity index (χ0v) is 14.1. The summed E-state index contributed by atoms with van der Waals surface area (Å²) in [5, 5.41) is 9.10. The number of nitrogens with zero attached hydrogens (tertiary/aromatic N) is 1. The Bertz CT molecular complexity index is 588. The van der Waals surface area contributed by atoms with Crippen molar-refractivity contribution in [2.75, 3.05) is 6.54 Å². The molecule has 1 saturated heterocycles. The molecule has 1 aromatic rings. The van der Waals surface area contributed by atoms with Crippen molar-refractivity contribution in [1.29, 1.82) is 0 Å². The van der Waals surface area contributed by atoms with Crippen LogP contribution in [0.3, 0.4) is 0 Å². The van der Waals surface area contributed by atoms with Gasteiger partial charge in [0.15, 0.2) is 0 Å². The van der Waals surface area contributed by atoms with Crippen LogP contribution in [0.15, 0.2) is 27.6 Å². The van der Waals surface area contributed by atoms with Crippen LogP contribution in [0.5, 0.6) is 0 Å². The zero-order chi connectivity index (χ0) is 14.9. The van der Waals surface area contributed by atoms with Gasteiger partial charge in [0.05, 0.1) is 11.5 Å². The van der Waals surface area contributed by atoms with Crippen molar-refractivity contribution < 1.29 is 13.5 Å². The van der Waals surface area contributed by atoms with Crippen LogP contribution < -0.4 is 0 Å². The van der Waals surface area contributed by atoms with Gasteiger partial charge in [-0.3, -0.25) is 0 Å². The van der Waals surface area contributed by atoms with Crippen molar-refractivity contribution in [1.82, 2.24) is 4.31 Å². The van der Waals surface area contributed by atoms with Crippen molar-refractivity contribution in [2.24, 2.45) is 5.92 Å². The molecule has 1 aromatic carbocycles. The van der Waals surface area contributed by atoms with E-state index in [1.165, 1.54) is 0 Å². The second-order valence-corrected chi connectivity index (χ2v) is 8.11. The number of piperidine rings is 1. The van der Waals surface area contributed by atoms with E-state index < -0.39 is 10.0 Å². The molecule has 1 aliphatic heterocycles. The molecule has 112 valence electrons. The van der Waals surface area contributed by atoms with E-state index >= 15 is 0 Å². The highest BCUT2D eigenvalue weighted by Gasteiger charge is 2.35. The van der Waals surface area contributed by atoms with E-state index in [1.807, 2.05) is 6.92 Å². The maximum Gasteiger partial charge on any atom is 0.244 e. The van der Waals surface area contributed by atoms with Crippen LogP contribution >= 0.6 is 15.9 Å². The maximum atomic E-state index is 12.8. The third kappa shape index (κ3) is 2.93. The summed E-state index contributed by atoms with van der Waals surface area (Å²) in [6.45, 7) is 4.53. The Kier molecular flexibility index (Phi) is 4.89. The predicted octanol–water partition coefficient (Wildman–Crippen LogP) is 2.75. The van der Waals surface area contributed by atoms with E-state index in [1.54, 1.807) is 22.5 Å². The van der Waals surface area contributed by atoms with Gasteiger partial charge in [-0.25, -0.2) is 8.42 Å². The summed E-state index contributed by atoms with van der Waals surface area (Å²) >= 11 is 3.31. The van der Waals surface area contributed by atoms with Gasteiger partial charge in [0.2, 0.25) is 10.0 Å². The fraction of sp³-hybridized carbons (Fsp3) is 0.571. The van der Waals surface area contributed by atoms with Crippen molar-refractivity contribution in [3.8, 4) is 0 Å². The quantitative estimate of drug-likeness (QED) is 0.900. The van der Waals surface area contributed by atoms with Gasteiger partial charge in [0.1, 0.15) is 0 Å². The first-order chi connectivity index (χ1) is 9.37. The van der Waals surface area contributed by atoms with Crippen LogP contribution in [0.25, 0.3) is 0 Å². The lowest BCUT2D eigenvalue weighted by Gasteiger charge is -2.37. The highest BCUT2D eigenvalue weighted by atomic mass is 79.9. The smallest absolute Gasteiger partial charge is 0.244 e. The molecule has 2 atom stereocenters. The second kappa shape index (κ2) is 6.13. The molecule has 0 bridgehead atoms. The molecule has 4 nitrogen and oxygen atoms in total. The number of halogens is 1. The molecular weight excluding hydrogens is 342 g/mol. The van der Waals surface area contributed by atoms with Gasteiger partial charge in [0.25, 0.3) is 0 Å². The standard InChI is InChI=1S/C14H20BrNO3S/c1-10-4-3-7-16(11(10)2)20(18,19)14-6-5-12(9-17)8-13(14)15/h5-6,8,10-11,17H,3-4,7,9H2,1-2H3. The average molecular weight is 362 g/mol. The molecule has 6 heteroatoms. The maximum absolute atomic E-state index is 12.8. The molecule has 20 heavy (non-hydrogen) atoms. The number of aliphatic hydroxyl groups excluding tert-OH is 1. The van der Waals surface area contributed by atoms with Gasteiger partial charge in [-0.1, -0.05) is 13.0 Å². The van der Waals surface area contributed by atoms with Crippen LogP contribution in [-0.2, 0) is 16.6 Å². The average Bonchev–Trinajstić information content (AvgIpc) is 2.41. The molecule has 1 aliphatic rings. The Morgan fingerprint density at radius 2 is 2.10 bits per heavy atom. The van der Waals surface area contributed by atoms with E-state index in [9.17, 15) is 8.42 Å². The largest absolute Gasteiger partial charge is 0.392 e. The fourth-order valence-corrected chi connectivity index (χ4v) is 5.47. The van der Waals surface area contributed by atoms with Gasteiger partial charge >= 0.3 is 0 Å². The minimum absolute atomic E-state index is 0.0122. The summed E-state index contributed by atoms with van der Waals surface area (Å²) in [5.41, 5.74) is 0.691. The monoisotopic (exact) mass is 361 g/mol. The molecule has 0 saturated carbocycles. The first-order valence-electron chi connectivity index (χ1n) is 6.79. The topological polar surface area (TPSA) is 57.6 Å². The Morgan fingerprint density at radius 3 is 2.70 bits per heavy atom. The van der Waals surface area contributed by atoms with Crippen LogP contribution in [0, 0.1) is 5.92 Å². The summed E-state index contributed by atoms with van der Waals surface area (Å²) in [6.07, 6.45) is 1.97. The highest BCUT2D eigenvalue weighted by molar-refractivity contribution is 9.10. The summed E-state index contributed by atoms with van der Waals surface area (Å²) in [7, 11) is -3.49. The lowest BCUT2D eigenvalue weighted by molar-refractivity contribution is 0.202. The summed E-state index contributed by atoms with van der Waals surface area (Å²) < 4.78 is 27.7. The lowest BCUT2D eigenvalue weighted by atomic mass is 9.94. The summed E-state index contributed by atoms with van der Waals surface area (Å²) in [5.74, 6) is 0.369. The summed E-state index contributed by atoms with van der Waals surface area (Å²) in [6, 6.07) is 4.88. The highest BCUT2D eigenvalue weighted by Crippen LogP contribution is 2.32. The first-order valence-corrected chi connectivity index (χ1v) is 9.02. The predicted molar refractivity (Wildman–Crippen MR) is 81.8 cm³/mol. The molecule has 0 amide bonds. The first kappa shape index (κ1) is 15.9. The number of hydrogen-bond donors (Lipinski definition) is 1. The van der Waals surface area contributed by atoms with E-state index in [0.717, 1.165) is 12.8 Å². The van der Waals surface area contributed by atoms with E-state index in [4.69, 9.17) is 5.11 Å². The van der Waals surface area contributed by atoms with Crippen molar-refractivity contribution >= 4 is 26.0 Å². The lowest BCUT2D eigenvalue weighted by Crippen LogP contribution is -2.45. The molecule has 1 fully saturated rings. The van der Waals surface area contributed by atoms with Crippen molar-refractivity contribution in [2.45, 2.75) is 44.2 Å². The fourth-order valence-electron chi connectivity index (χ4n) is 2.62. The van der Waals surface area contributed by atoms with Gasteiger partial charge < -0.3 is 5.11 Å². The molecule has 0 spiro atoms. The van der Waals surface area contributed by atoms with E-state index in [2.05, 4.69) is 22.9 Å². The van der Waals surface area contributed by atoms with Crippen molar-refractivity contribution in [3.05, 3.63) is 28.2 Å². The van der Waals surface area contributed by atoms with Crippen LogP contribution in [0.4, 0.5) is 0 Å². The number of benzene rings is 1. The second-order valence-electron chi connectivity index (χ2n) is 5.40. The number of rotatable bonds is 3.